The number of aliphatic hydroxyl groups is 2. The fraction of sp³-hybridized carbons (Fsp3) is 0.500. The first-order valence-electron chi connectivity index (χ1n) is 5.77. The maximum atomic E-state index is 11.6. The van der Waals surface area contributed by atoms with E-state index in [-0.39, 0.29) is 18.3 Å². The monoisotopic (exact) mass is 267 g/mol. The van der Waals surface area contributed by atoms with E-state index in [9.17, 15) is 9.90 Å². The fourth-order valence-corrected chi connectivity index (χ4v) is 2.21. The second-order valence-corrected chi connectivity index (χ2v) is 4.35. The molecule has 3 heterocycles. The summed E-state index contributed by atoms with van der Waals surface area (Å²) in [6.45, 7) is -0.270. The van der Waals surface area contributed by atoms with Crippen LogP contribution < -0.4 is 11.4 Å². The first kappa shape index (κ1) is 12.1. The van der Waals surface area contributed by atoms with Gasteiger partial charge in [-0.3, -0.25) is 4.57 Å². The summed E-state index contributed by atoms with van der Waals surface area (Å²) in [5.41, 5.74) is 4.92. The van der Waals surface area contributed by atoms with Gasteiger partial charge in [0.1, 0.15) is 12.3 Å². The molecule has 1 aliphatic rings. The lowest BCUT2D eigenvalue weighted by atomic mass is 10.2. The molecule has 0 spiro atoms. The number of aliphatic hydroxyl groups excluding tert-OH is 2. The van der Waals surface area contributed by atoms with Gasteiger partial charge in [-0.2, -0.15) is 9.97 Å². The zero-order chi connectivity index (χ0) is 13.6. The highest BCUT2D eigenvalue weighted by Gasteiger charge is 2.35. The van der Waals surface area contributed by atoms with Crippen molar-refractivity contribution in [1.82, 2.24) is 18.9 Å². The van der Waals surface area contributed by atoms with Gasteiger partial charge in [0.25, 0.3) is 0 Å². The Morgan fingerprint density at radius 2 is 2.26 bits per heavy atom. The number of imidazole rings is 1. The molecule has 0 aromatic carbocycles. The van der Waals surface area contributed by atoms with Gasteiger partial charge in [0.15, 0.2) is 0 Å². The van der Waals surface area contributed by atoms with Gasteiger partial charge in [-0.15, -0.1) is 0 Å². The Bertz CT molecular complexity index is 665. The average Bonchev–Trinajstić information content (AvgIpc) is 2.92. The zero-order valence-corrected chi connectivity index (χ0v) is 9.88. The number of nitrogens with zero attached hydrogens (tertiary/aromatic N) is 4. The summed E-state index contributed by atoms with van der Waals surface area (Å²) in [6.07, 6.45) is 1.49. The van der Waals surface area contributed by atoms with Gasteiger partial charge in [-0.05, 0) is 0 Å². The molecule has 0 saturated carbocycles. The summed E-state index contributed by atoms with van der Waals surface area (Å²) in [6, 6.07) is 0. The number of rotatable bonds is 2. The minimum Gasteiger partial charge on any atom is -0.394 e. The number of nitrogen functional groups attached to an aromatic ring is 1. The minimum atomic E-state index is -0.761. The van der Waals surface area contributed by atoms with Crippen molar-refractivity contribution in [2.75, 3.05) is 12.3 Å². The summed E-state index contributed by atoms with van der Waals surface area (Å²) in [7, 11) is 0. The summed E-state index contributed by atoms with van der Waals surface area (Å²) in [4.78, 5) is 19.1. The van der Waals surface area contributed by atoms with Gasteiger partial charge < -0.3 is 20.7 Å². The summed E-state index contributed by atoms with van der Waals surface area (Å²) in [5.74, 6) is 0.162. The molecule has 2 aromatic rings. The maximum absolute atomic E-state index is 11.6. The van der Waals surface area contributed by atoms with Crippen LogP contribution in [0.25, 0.3) is 5.78 Å². The summed E-state index contributed by atoms with van der Waals surface area (Å²) in [5, 5.41) is 18.8. The molecule has 1 fully saturated rings. The Morgan fingerprint density at radius 3 is 2.95 bits per heavy atom. The third-order valence-electron chi connectivity index (χ3n) is 3.15. The molecule has 0 amide bonds. The van der Waals surface area contributed by atoms with Crippen LogP contribution in [0.3, 0.4) is 0 Å². The van der Waals surface area contributed by atoms with E-state index in [4.69, 9.17) is 15.6 Å². The Kier molecular flexibility index (Phi) is 2.73. The van der Waals surface area contributed by atoms with Crippen molar-refractivity contribution in [3.63, 3.8) is 0 Å². The summed E-state index contributed by atoms with van der Waals surface area (Å²) >= 11 is 0. The molecule has 0 bridgehead atoms. The molecular weight excluding hydrogens is 254 g/mol. The van der Waals surface area contributed by atoms with Crippen molar-refractivity contribution in [3.05, 3.63) is 22.9 Å². The number of hydrogen-bond acceptors (Lipinski definition) is 7. The molecule has 0 radical (unpaired) electrons. The Labute approximate surface area is 106 Å². The number of ether oxygens (including phenoxy) is 1. The highest BCUT2D eigenvalue weighted by atomic mass is 16.5. The van der Waals surface area contributed by atoms with Crippen molar-refractivity contribution >= 4 is 11.7 Å². The van der Waals surface area contributed by atoms with E-state index in [1.807, 2.05) is 0 Å². The van der Waals surface area contributed by atoms with Crippen molar-refractivity contribution in [3.8, 4) is 0 Å². The van der Waals surface area contributed by atoms with Crippen LogP contribution in [0.2, 0.25) is 0 Å². The standard InChI is InChI=1S/C10H13N5O4/c11-8-12-9-14(1-2-15(9)10(18)13-8)7-3-5(17)6(4-16)19-7/h1-2,5-7,16-17H,3-4H2,(H2,11,13,18). The SMILES string of the molecule is Nc1nc(=O)n2ccn(C3CC(O)C(CO)O3)c2n1. The topological polar surface area (TPSA) is 128 Å². The van der Waals surface area contributed by atoms with Crippen LogP contribution in [0.1, 0.15) is 12.6 Å². The highest BCUT2D eigenvalue weighted by molar-refractivity contribution is 5.34. The van der Waals surface area contributed by atoms with Crippen LogP contribution >= 0.6 is 0 Å². The summed E-state index contributed by atoms with van der Waals surface area (Å²) < 4.78 is 8.32. The molecule has 3 atom stereocenters. The highest BCUT2D eigenvalue weighted by Crippen LogP contribution is 2.29. The Morgan fingerprint density at radius 1 is 1.47 bits per heavy atom. The number of fused-ring (bicyclic) bond motifs is 1. The number of aromatic nitrogens is 4. The van der Waals surface area contributed by atoms with Crippen LogP contribution in [0.4, 0.5) is 5.95 Å². The van der Waals surface area contributed by atoms with Gasteiger partial charge in [0.05, 0.1) is 12.7 Å². The second-order valence-electron chi connectivity index (χ2n) is 4.35. The fourth-order valence-electron chi connectivity index (χ4n) is 2.21. The maximum Gasteiger partial charge on any atom is 0.357 e. The van der Waals surface area contributed by atoms with Gasteiger partial charge in [-0.1, -0.05) is 0 Å². The lowest BCUT2D eigenvalue weighted by Gasteiger charge is -2.13. The normalized spacial score (nSPS) is 27.2. The minimum absolute atomic E-state index is 0.123. The lowest BCUT2D eigenvalue weighted by molar-refractivity contribution is -0.0432. The van der Waals surface area contributed by atoms with Crippen LogP contribution in [0.15, 0.2) is 17.2 Å². The van der Waals surface area contributed by atoms with Gasteiger partial charge in [-0.25, -0.2) is 9.20 Å². The quantitative estimate of drug-likeness (QED) is 0.580. The van der Waals surface area contributed by atoms with Crippen molar-refractivity contribution in [2.45, 2.75) is 24.9 Å². The van der Waals surface area contributed by atoms with Crippen LogP contribution in [0.5, 0.6) is 0 Å². The van der Waals surface area contributed by atoms with E-state index in [2.05, 4.69) is 9.97 Å². The number of hydrogen-bond donors (Lipinski definition) is 3. The average molecular weight is 267 g/mol. The molecule has 9 heteroatoms. The predicted molar refractivity (Wildman–Crippen MR) is 63.3 cm³/mol. The van der Waals surface area contributed by atoms with E-state index in [0.717, 1.165) is 0 Å². The van der Waals surface area contributed by atoms with Crippen molar-refractivity contribution in [1.29, 1.82) is 0 Å². The molecule has 2 aromatic heterocycles. The van der Waals surface area contributed by atoms with Crippen molar-refractivity contribution in [2.24, 2.45) is 0 Å². The van der Waals surface area contributed by atoms with Crippen LogP contribution in [-0.4, -0.2) is 48.0 Å². The lowest BCUT2D eigenvalue weighted by Crippen LogP contribution is -2.24. The third kappa shape index (κ3) is 1.87. The van der Waals surface area contributed by atoms with Gasteiger partial charge in [0.2, 0.25) is 11.7 Å². The Balaban J connectivity index is 2.05. The molecular formula is C10H13N5O4. The molecule has 102 valence electrons. The van der Waals surface area contributed by atoms with Gasteiger partial charge in [0, 0.05) is 18.8 Å². The molecule has 19 heavy (non-hydrogen) atoms. The second kappa shape index (κ2) is 4.30. The molecule has 1 saturated heterocycles. The van der Waals surface area contributed by atoms with E-state index >= 15 is 0 Å². The molecule has 3 rings (SSSR count). The van der Waals surface area contributed by atoms with Crippen molar-refractivity contribution < 1.29 is 14.9 Å². The van der Waals surface area contributed by atoms with E-state index < -0.39 is 24.1 Å². The van der Waals surface area contributed by atoms with E-state index in [0.29, 0.717) is 6.42 Å². The third-order valence-corrected chi connectivity index (χ3v) is 3.15. The van der Waals surface area contributed by atoms with Crippen LogP contribution in [-0.2, 0) is 4.74 Å². The van der Waals surface area contributed by atoms with E-state index in [1.54, 1.807) is 10.8 Å². The van der Waals surface area contributed by atoms with Gasteiger partial charge >= 0.3 is 5.69 Å². The number of nitrogens with two attached hydrogens (primary N) is 1. The van der Waals surface area contributed by atoms with E-state index in [1.165, 1.54) is 10.6 Å². The molecule has 1 aliphatic heterocycles. The first-order valence-corrected chi connectivity index (χ1v) is 5.77. The molecule has 4 N–H and O–H groups in total. The molecule has 9 nitrogen and oxygen atoms in total. The predicted octanol–water partition coefficient (Wildman–Crippen LogP) is -1.89. The molecule has 3 unspecified atom stereocenters. The molecule has 0 aliphatic carbocycles. The number of anilines is 1. The Hall–Kier alpha value is -1.97. The zero-order valence-electron chi connectivity index (χ0n) is 9.88. The smallest absolute Gasteiger partial charge is 0.357 e. The van der Waals surface area contributed by atoms with Crippen LogP contribution in [0, 0.1) is 0 Å². The first-order chi connectivity index (χ1) is 9.10. The largest absolute Gasteiger partial charge is 0.394 e.